The average molecular weight is 552 g/mol. The number of nitrogens with one attached hydrogen (secondary N) is 2. The fourth-order valence-electron chi connectivity index (χ4n) is 4.27. The molecule has 3 atom stereocenters. The maximum atomic E-state index is 14.0. The largest absolute Gasteiger partial charge is 0.507 e. The number of nitrogens with zero attached hydrogens (tertiary/aromatic N) is 1. The van der Waals surface area contributed by atoms with Gasteiger partial charge < -0.3 is 25.4 Å². The highest BCUT2D eigenvalue weighted by Crippen LogP contribution is 2.33. The van der Waals surface area contributed by atoms with Crippen LogP contribution in [0.15, 0.2) is 18.2 Å². The predicted molar refractivity (Wildman–Crippen MR) is 156 cm³/mol. The van der Waals surface area contributed by atoms with E-state index in [4.69, 9.17) is 4.74 Å². The van der Waals surface area contributed by atoms with Crippen molar-refractivity contribution in [3.05, 3.63) is 29.3 Å². The van der Waals surface area contributed by atoms with Gasteiger partial charge in [-0.15, -0.1) is 0 Å². The summed E-state index contributed by atoms with van der Waals surface area (Å²) in [4.78, 5) is 41.7. The number of thiol groups is 1. The maximum Gasteiger partial charge on any atom is 0.408 e. The number of aromatic hydroxyl groups is 1. The van der Waals surface area contributed by atoms with Gasteiger partial charge in [0.05, 0.1) is 0 Å². The van der Waals surface area contributed by atoms with Gasteiger partial charge in [0.25, 0.3) is 0 Å². The van der Waals surface area contributed by atoms with Gasteiger partial charge in [0, 0.05) is 23.9 Å². The molecular formula is C29H49N3O5S. The van der Waals surface area contributed by atoms with E-state index < -0.39 is 29.7 Å². The molecule has 216 valence electrons. The van der Waals surface area contributed by atoms with Gasteiger partial charge in [0.1, 0.15) is 23.4 Å². The summed E-state index contributed by atoms with van der Waals surface area (Å²) in [6.07, 6.45) is 5.70. The number of ether oxygens (including phenoxy) is 1. The van der Waals surface area contributed by atoms with Crippen LogP contribution in [0.1, 0.15) is 104 Å². The van der Waals surface area contributed by atoms with E-state index in [1.807, 2.05) is 13.8 Å². The van der Waals surface area contributed by atoms with Crippen molar-refractivity contribution in [2.75, 3.05) is 12.3 Å². The number of benzene rings is 1. The second-order valence-electron chi connectivity index (χ2n) is 10.9. The monoisotopic (exact) mass is 551 g/mol. The number of hydrogen-bond acceptors (Lipinski definition) is 6. The lowest BCUT2D eigenvalue weighted by Crippen LogP contribution is -2.54. The van der Waals surface area contributed by atoms with Gasteiger partial charge in [0.2, 0.25) is 11.8 Å². The van der Waals surface area contributed by atoms with Crippen LogP contribution in [-0.4, -0.2) is 57.9 Å². The van der Waals surface area contributed by atoms with Crippen LogP contribution in [0.2, 0.25) is 0 Å². The Hall–Kier alpha value is -2.42. The van der Waals surface area contributed by atoms with E-state index in [2.05, 4.69) is 30.2 Å². The number of carbonyl (C=O) groups is 3. The lowest BCUT2D eigenvalue weighted by molar-refractivity contribution is -0.142. The Morgan fingerprint density at radius 2 is 1.71 bits per heavy atom. The summed E-state index contributed by atoms with van der Waals surface area (Å²) < 4.78 is 5.36. The number of amides is 3. The summed E-state index contributed by atoms with van der Waals surface area (Å²) in [6.45, 7) is 13.4. The third-order valence-electron chi connectivity index (χ3n) is 6.19. The molecule has 0 aromatic heterocycles. The van der Waals surface area contributed by atoms with Crippen molar-refractivity contribution in [2.45, 2.75) is 117 Å². The molecule has 0 aliphatic carbocycles. The summed E-state index contributed by atoms with van der Waals surface area (Å²) in [5.74, 6) is -0.832. The Bertz CT molecular complexity index is 903. The molecule has 1 aromatic rings. The highest BCUT2D eigenvalue weighted by molar-refractivity contribution is 7.80. The lowest BCUT2D eigenvalue weighted by Gasteiger charge is -2.35. The molecule has 0 bridgehead atoms. The summed E-state index contributed by atoms with van der Waals surface area (Å²) in [5, 5.41) is 16.6. The number of rotatable bonds is 15. The van der Waals surface area contributed by atoms with Gasteiger partial charge in [-0.25, -0.2) is 4.79 Å². The number of aryl methyl sites for hydroxylation is 1. The zero-order chi connectivity index (χ0) is 28.9. The molecule has 38 heavy (non-hydrogen) atoms. The highest BCUT2D eigenvalue weighted by Gasteiger charge is 2.37. The van der Waals surface area contributed by atoms with E-state index in [1.54, 1.807) is 45.9 Å². The minimum absolute atomic E-state index is 0.0186. The maximum absolute atomic E-state index is 14.0. The van der Waals surface area contributed by atoms with Crippen LogP contribution < -0.4 is 10.6 Å². The highest BCUT2D eigenvalue weighted by atomic mass is 32.1. The zero-order valence-corrected chi connectivity index (χ0v) is 25.2. The predicted octanol–water partition coefficient (Wildman–Crippen LogP) is 5.67. The van der Waals surface area contributed by atoms with E-state index in [9.17, 15) is 19.5 Å². The molecule has 8 nitrogen and oxygen atoms in total. The van der Waals surface area contributed by atoms with Crippen LogP contribution in [0.3, 0.4) is 0 Å². The first kappa shape index (κ1) is 33.6. The number of carbonyl (C=O) groups excluding carboxylic acids is 3. The van der Waals surface area contributed by atoms with Gasteiger partial charge in [-0.1, -0.05) is 64.2 Å². The molecule has 0 aliphatic rings. The Labute approximate surface area is 234 Å². The van der Waals surface area contributed by atoms with E-state index >= 15 is 0 Å². The average Bonchev–Trinajstić information content (AvgIpc) is 2.82. The van der Waals surface area contributed by atoms with Crippen LogP contribution in [0.4, 0.5) is 4.79 Å². The molecule has 0 aliphatic heterocycles. The van der Waals surface area contributed by atoms with Crippen LogP contribution in [0, 0.1) is 6.92 Å². The summed E-state index contributed by atoms with van der Waals surface area (Å²) >= 11 is 4.33. The Kier molecular flexibility index (Phi) is 14.6. The summed E-state index contributed by atoms with van der Waals surface area (Å²) in [7, 11) is 0. The smallest absolute Gasteiger partial charge is 0.408 e. The minimum atomic E-state index is -1.07. The molecule has 0 fully saturated rings. The third-order valence-corrected chi connectivity index (χ3v) is 6.56. The molecule has 1 rings (SSSR count). The molecule has 3 unspecified atom stereocenters. The molecular weight excluding hydrogens is 502 g/mol. The minimum Gasteiger partial charge on any atom is -0.507 e. The zero-order valence-electron chi connectivity index (χ0n) is 24.3. The van der Waals surface area contributed by atoms with Crippen LogP contribution >= 0.6 is 12.6 Å². The van der Waals surface area contributed by atoms with Crippen molar-refractivity contribution in [2.24, 2.45) is 0 Å². The van der Waals surface area contributed by atoms with Gasteiger partial charge >= 0.3 is 6.09 Å². The first-order valence-corrected chi connectivity index (χ1v) is 14.5. The standard InChI is InChI=1S/C29H49N3O5S/c1-8-10-11-12-13-18-32(27(35)23(19-38)31-28(36)37-29(5,6)7)24(26(34)30-21(4)15-9-2)22-17-14-16-20(3)25(22)33/h14,16-17,21,23-24,33,38H,8-13,15,18-19H2,1-7H3,(H,30,34)(H,31,36). The molecule has 0 heterocycles. The summed E-state index contributed by atoms with van der Waals surface area (Å²) in [5.41, 5.74) is 0.219. The molecule has 0 saturated carbocycles. The molecule has 0 radical (unpaired) electrons. The Morgan fingerprint density at radius 3 is 2.29 bits per heavy atom. The van der Waals surface area contributed by atoms with E-state index in [1.165, 1.54) is 4.90 Å². The third kappa shape index (κ3) is 11.1. The van der Waals surface area contributed by atoms with Crippen molar-refractivity contribution in [1.82, 2.24) is 15.5 Å². The van der Waals surface area contributed by atoms with Crippen molar-refractivity contribution in [3.63, 3.8) is 0 Å². The SMILES string of the molecule is CCCCCCCN(C(=O)C(CS)NC(=O)OC(C)(C)C)C(C(=O)NC(C)CCC)c1cccc(C)c1O. The molecule has 1 aromatic carbocycles. The van der Waals surface area contributed by atoms with E-state index in [0.29, 0.717) is 17.5 Å². The van der Waals surface area contributed by atoms with Crippen molar-refractivity contribution in [3.8, 4) is 5.75 Å². The fourth-order valence-corrected chi connectivity index (χ4v) is 4.52. The van der Waals surface area contributed by atoms with Crippen molar-refractivity contribution >= 4 is 30.5 Å². The summed E-state index contributed by atoms with van der Waals surface area (Å²) in [6, 6.07) is 2.99. The quantitative estimate of drug-likeness (QED) is 0.166. The second-order valence-corrected chi connectivity index (χ2v) is 11.3. The second kappa shape index (κ2) is 16.5. The van der Waals surface area contributed by atoms with Crippen molar-refractivity contribution in [1.29, 1.82) is 0 Å². The number of para-hydroxylation sites is 1. The fraction of sp³-hybridized carbons (Fsp3) is 0.690. The molecule has 0 spiro atoms. The van der Waals surface area contributed by atoms with Crippen LogP contribution in [0.25, 0.3) is 0 Å². The number of hydrogen-bond donors (Lipinski definition) is 4. The molecule has 0 saturated heterocycles. The Morgan fingerprint density at radius 1 is 1.05 bits per heavy atom. The number of phenols is 1. The first-order valence-electron chi connectivity index (χ1n) is 13.9. The van der Waals surface area contributed by atoms with E-state index in [-0.39, 0.29) is 30.0 Å². The number of unbranched alkanes of at least 4 members (excludes halogenated alkanes) is 4. The number of phenolic OH excluding ortho intramolecular Hbond substituents is 1. The van der Waals surface area contributed by atoms with Crippen LogP contribution in [-0.2, 0) is 14.3 Å². The van der Waals surface area contributed by atoms with Gasteiger partial charge in [-0.3, -0.25) is 9.59 Å². The number of alkyl carbamates (subject to hydrolysis) is 1. The van der Waals surface area contributed by atoms with Gasteiger partial charge in [-0.2, -0.15) is 12.6 Å². The van der Waals surface area contributed by atoms with Crippen LogP contribution in [0.5, 0.6) is 5.75 Å². The first-order chi connectivity index (χ1) is 17.9. The van der Waals surface area contributed by atoms with Gasteiger partial charge in [-0.05, 0) is 53.0 Å². The van der Waals surface area contributed by atoms with E-state index in [0.717, 1.165) is 38.5 Å². The van der Waals surface area contributed by atoms with Gasteiger partial charge in [0.15, 0.2) is 0 Å². The van der Waals surface area contributed by atoms with Crippen molar-refractivity contribution < 1.29 is 24.2 Å². The normalized spacial score (nSPS) is 13.8. The molecule has 3 N–H and O–H groups in total. The lowest BCUT2D eigenvalue weighted by atomic mass is 9.98. The molecule has 9 heteroatoms. The Balaban J connectivity index is 3.47. The molecule has 3 amide bonds. The topological polar surface area (TPSA) is 108 Å².